The van der Waals surface area contributed by atoms with Crippen LogP contribution in [0.25, 0.3) is 0 Å². The zero-order valence-corrected chi connectivity index (χ0v) is 9.08. The third kappa shape index (κ3) is 1.22. The van der Waals surface area contributed by atoms with Gasteiger partial charge in [-0.3, -0.25) is 10.9 Å². The lowest BCUT2D eigenvalue weighted by molar-refractivity contribution is 1.22. The Morgan fingerprint density at radius 1 is 0.667 bits per heavy atom. The maximum absolute atomic E-state index is 2.30. The highest BCUT2D eigenvalue weighted by Gasteiger charge is 1.99. The van der Waals surface area contributed by atoms with E-state index in [1.54, 1.807) is 0 Å². The molecule has 1 rings (SSSR count). The topological polar surface area (TPSA) is 0 Å². The summed E-state index contributed by atoms with van der Waals surface area (Å²) in [5.41, 5.74) is 7.53. The van der Waals surface area contributed by atoms with Gasteiger partial charge in [-0.2, -0.15) is 0 Å². The minimum Gasteiger partial charge on any atom is -0.250 e. The standard InChI is InChI=1S/C11H18B/c1-7-8(2)10(4)12(6)11(5)9(7)3/h1-6H3/q-1. The monoisotopic (exact) mass is 161 g/mol. The first kappa shape index (κ1) is 9.50. The highest BCUT2D eigenvalue weighted by Crippen LogP contribution is 2.18. The van der Waals surface area contributed by atoms with Crippen LogP contribution in [0, 0.1) is 34.6 Å². The number of hydrogen-bond acceptors (Lipinski definition) is 0. The Labute approximate surface area is 76.1 Å². The summed E-state index contributed by atoms with van der Waals surface area (Å²) in [6.07, 6.45) is 0.647. The third-order valence-corrected chi connectivity index (χ3v) is 3.61. The van der Waals surface area contributed by atoms with Crippen molar-refractivity contribution in [3.63, 3.8) is 0 Å². The van der Waals surface area contributed by atoms with Crippen LogP contribution in [0.5, 0.6) is 0 Å². The number of rotatable bonds is 0. The Kier molecular flexibility index (Phi) is 2.41. The minimum absolute atomic E-state index is 0.647. The molecule has 66 valence electrons. The van der Waals surface area contributed by atoms with Gasteiger partial charge in [0.1, 0.15) is 0 Å². The fourth-order valence-electron chi connectivity index (χ4n) is 1.85. The molecule has 0 aliphatic carbocycles. The first-order valence-corrected chi connectivity index (χ1v) is 4.65. The molecule has 1 heterocycles. The molecule has 0 spiro atoms. The lowest BCUT2D eigenvalue weighted by Crippen LogP contribution is -2.09. The quantitative estimate of drug-likeness (QED) is 0.548. The summed E-state index contributed by atoms with van der Waals surface area (Å²) in [6, 6.07) is 0. The Morgan fingerprint density at radius 2 is 1.00 bits per heavy atom. The van der Waals surface area contributed by atoms with E-state index in [4.69, 9.17) is 0 Å². The molecular formula is C11H18B-. The summed E-state index contributed by atoms with van der Waals surface area (Å²) in [5, 5.41) is 0. The molecule has 0 bridgehead atoms. The van der Waals surface area contributed by atoms with Crippen molar-refractivity contribution in [2.24, 2.45) is 6.82 Å². The minimum atomic E-state index is 0.647. The van der Waals surface area contributed by atoms with Gasteiger partial charge in [-0.25, -0.2) is 6.82 Å². The Morgan fingerprint density at radius 3 is 1.33 bits per heavy atom. The van der Waals surface area contributed by atoms with E-state index in [1.165, 1.54) is 27.6 Å². The van der Waals surface area contributed by atoms with Crippen molar-refractivity contribution in [1.29, 1.82) is 0 Å². The molecular weight excluding hydrogens is 143 g/mol. The van der Waals surface area contributed by atoms with Crippen molar-refractivity contribution in [1.82, 2.24) is 0 Å². The molecule has 0 atom stereocenters. The normalized spacial score (nSPS) is 10.5. The summed E-state index contributed by atoms with van der Waals surface area (Å²) < 4.78 is 0. The van der Waals surface area contributed by atoms with Gasteiger partial charge in [-0.05, 0) is 20.8 Å². The van der Waals surface area contributed by atoms with E-state index in [-0.39, 0.29) is 0 Å². The van der Waals surface area contributed by atoms with Crippen LogP contribution in [-0.4, -0.2) is 6.34 Å². The highest BCUT2D eigenvalue weighted by atomic mass is 14.0. The smallest absolute Gasteiger partial charge is 0.0395 e. The molecule has 1 aromatic heterocycles. The maximum atomic E-state index is 2.30. The second-order valence-electron chi connectivity index (χ2n) is 3.96. The van der Waals surface area contributed by atoms with Gasteiger partial charge in [0.05, 0.1) is 0 Å². The molecule has 0 N–H and O–H groups in total. The first-order valence-electron chi connectivity index (χ1n) is 4.65. The van der Waals surface area contributed by atoms with Crippen LogP contribution < -0.4 is 0 Å². The van der Waals surface area contributed by atoms with Crippen molar-refractivity contribution >= 4 is 6.34 Å². The second kappa shape index (κ2) is 3.04. The predicted octanol–water partition coefficient (Wildman–Crippen LogP) is 2.79. The average molecular weight is 161 g/mol. The molecule has 0 saturated heterocycles. The maximum Gasteiger partial charge on any atom is -0.0395 e. The van der Waals surface area contributed by atoms with Gasteiger partial charge in [-0.1, -0.05) is 30.5 Å². The van der Waals surface area contributed by atoms with E-state index in [1.807, 2.05) is 0 Å². The molecule has 0 unspecified atom stereocenters. The third-order valence-electron chi connectivity index (χ3n) is 3.61. The summed E-state index contributed by atoms with van der Waals surface area (Å²) in [7, 11) is 0. The Bertz CT molecular complexity index is 219. The van der Waals surface area contributed by atoms with Gasteiger partial charge in [-0.15, -0.1) is 6.34 Å². The second-order valence-corrected chi connectivity index (χ2v) is 3.96. The van der Waals surface area contributed by atoms with Crippen LogP contribution in [0.3, 0.4) is 0 Å². The van der Waals surface area contributed by atoms with Crippen LogP contribution in [-0.2, 0) is 6.82 Å². The van der Waals surface area contributed by atoms with Crippen molar-refractivity contribution in [2.75, 3.05) is 0 Å². The molecule has 12 heavy (non-hydrogen) atoms. The largest absolute Gasteiger partial charge is 0.250 e. The van der Waals surface area contributed by atoms with Crippen molar-refractivity contribution in [3.8, 4) is 0 Å². The lowest BCUT2D eigenvalue weighted by atomic mass is 9.56. The SMILES string of the molecule is C[b-]1c(C)c(C)c(C)c(C)c1C. The molecule has 0 aliphatic rings. The molecule has 1 aromatic rings. The Hall–Kier alpha value is -0.585. The molecule has 0 aromatic carbocycles. The van der Waals surface area contributed by atoms with E-state index in [9.17, 15) is 0 Å². The average Bonchev–Trinajstić information content (AvgIpc) is 2.08. The first-order chi connectivity index (χ1) is 5.46. The van der Waals surface area contributed by atoms with Gasteiger partial charge in [0, 0.05) is 0 Å². The molecule has 0 amide bonds. The fraction of sp³-hybridized carbons (Fsp3) is 0.545. The lowest BCUT2D eigenvalue weighted by Gasteiger charge is -2.24. The van der Waals surface area contributed by atoms with Crippen LogP contribution >= 0.6 is 0 Å². The van der Waals surface area contributed by atoms with Crippen LogP contribution in [0.1, 0.15) is 27.6 Å². The molecule has 0 nitrogen and oxygen atoms in total. The fourth-order valence-corrected chi connectivity index (χ4v) is 1.85. The van der Waals surface area contributed by atoms with E-state index < -0.39 is 0 Å². The molecule has 0 aliphatic heterocycles. The zero-order chi connectivity index (χ0) is 9.46. The predicted molar refractivity (Wildman–Crippen MR) is 57.1 cm³/mol. The summed E-state index contributed by atoms with van der Waals surface area (Å²) in [6.45, 7) is 13.5. The molecule has 0 fully saturated rings. The number of hydrogen-bond donors (Lipinski definition) is 0. The van der Waals surface area contributed by atoms with Gasteiger partial charge >= 0.3 is 0 Å². The van der Waals surface area contributed by atoms with Crippen LogP contribution in [0.15, 0.2) is 0 Å². The zero-order valence-electron chi connectivity index (χ0n) is 9.08. The van der Waals surface area contributed by atoms with Gasteiger partial charge in [0.25, 0.3) is 0 Å². The Balaban J connectivity index is 3.60. The summed E-state index contributed by atoms with van der Waals surface area (Å²) in [5.74, 6) is 0. The molecule has 1 heteroatoms. The van der Waals surface area contributed by atoms with Gasteiger partial charge in [0.2, 0.25) is 0 Å². The van der Waals surface area contributed by atoms with E-state index in [0.29, 0.717) is 6.34 Å². The van der Waals surface area contributed by atoms with E-state index in [0.717, 1.165) is 0 Å². The molecule has 0 saturated carbocycles. The van der Waals surface area contributed by atoms with Crippen LogP contribution in [0.2, 0.25) is 0 Å². The summed E-state index contributed by atoms with van der Waals surface area (Å²) >= 11 is 0. The van der Waals surface area contributed by atoms with Gasteiger partial charge in [0.15, 0.2) is 0 Å². The van der Waals surface area contributed by atoms with E-state index in [2.05, 4.69) is 41.4 Å². The van der Waals surface area contributed by atoms with Crippen molar-refractivity contribution in [2.45, 2.75) is 34.6 Å². The van der Waals surface area contributed by atoms with Crippen molar-refractivity contribution < 1.29 is 0 Å². The van der Waals surface area contributed by atoms with Crippen molar-refractivity contribution in [3.05, 3.63) is 27.6 Å². The van der Waals surface area contributed by atoms with Gasteiger partial charge < -0.3 is 0 Å². The van der Waals surface area contributed by atoms with E-state index >= 15 is 0 Å². The summed E-state index contributed by atoms with van der Waals surface area (Å²) in [4.78, 5) is 0. The highest BCUT2D eigenvalue weighted by molar-refractivity contribution is 6.53. The van der Waals surface area contributed by atoms with Crippen LogP contribution in [0.4, 0.5) is 0 Å². The molecule has 0 radical (unpaired) electrons.